The summed E-state index contributed by atoms with van der Waals surface area (Å²) in [7, 11) is 0. The molecule has 0 fully saturated rings. The zero-order valence-electron chi connectivity index (χ0n) is 6.38. The second-order valence-electron chi connectivity index (χ2n) is 2.30. The van der Waals surface area contributed by atoms with Crippen LogP contribution in [0, 0.1) is 0 Å². The van der Waals surface area contributed by atoms with Crippen molar-refractivity contribution in [2.75, 3.05) is 0 Å². The molecular formula is C7H6F2N2O2. The van der Waals surface area contributed by atoms with Gasteiger partial charge in [-0.05, 0) is 6.07 Å². The fourth-order valence-corrected chi connectivity index (χ4v) is 0.922. The van der Waals surface area contributed by atoms with Crippen LogP contribution < -0.4 is 11.3 Å². The number of primary amides is 1. The van der Waals surface area contributed by atoms with Gasteiger partial charge in [0.25, 0.3) is 12.0 Å². The van der Waals surface area contributed by atoms with Crippen LogP contribution in [0.25, 0.3) is 0 Å². The highest BCUT2D eigenvalue weighted by Gasteiger charge is 2.19. The third kappa shape index (κ3) is 1.71. The molecule has 0 radical (unpaired) electrons. The maximum atomic E-state index is 12.2. The lowest BCUT2D eigenvalue weighted by Gasteiger charge is -2.02. The first-order chi connectivity index (χ1) is 6.04. The van der Waals surface area contributed by atoms with Gasteiger partial charge in [-0.2, -0.15) is 0 Å². The number of nitrogens with two attached hydrogens (primary N) is 1. The lowest BCUT2D eigenvalue weighted by Crippen LogP contribution is -2.22. The molecule has 0 unspecified atom stereocenters. The number of rotatable bonds is 2. The number of alkyl halides is 2. The first-order valence-corrected chi connectivity index (χ1v) is 3.33. The van der Waals surface area contributed by atoms with Crippen molar-refractivity contribution in [3.63, 3.8) is 0 Å². The Morgan fingerprint density at radius 1 is 1.54 bits per heavy atom. The number of H-pyrrole nitrogens is 1. The molecular weight excluding hydrogens is 182 g/mol. The molecule has 1 aromatic heterocycles. The maximum absolute atomic E-state index is 12.2. The molecule has 0 aromatic carbocycles. The van der Waals surface area contributed by atoms with Gasteiger partial charge in [0, 0.05) is 6.20 Å². The molecule has 1 amide bonds. The number of halogens is 2. The van der Waals surface area contributed by atoms with E-state index in [9.17, 15) is 18.4 Å². The summed E-state index contributed by atoms with van der Waals surface area (Å²) in [5, 5.41) is 0. The zero-order valence-corrected chi connectivity index (χ0v) is 6.38. The molecule has 0 aliphatic carbocycles. The van der Waals surface area contributed by atoms with Crippen molar-refractivity contribution in [2.45, 2.75) is 6.43 Å². The van der Waals surface area contributed by atoms with E-state index in [0.717, 1.165) is 12.3 Å². The van der Waals surface area contributed by atoms with Crippen LogP contribution in [0.1, 0.15) is 22.3 Å². The van der Waals surface area contributed by atoms with Gasteiger partial charge in [0.15, 0.2) is 0 Å². The number of aromatic nitrogens is 1. The van der Waals surface area contributed by atoms with Crippen LogP contribution in [0.4, 0.5) is 8.78 Å². The van der Waals surface area contributed by atoms with Crippen LogP contribution in [-0.2, 0) is 0 Å². The van der Waals surface area contributed by atoms with Crippen LogP contribution in [0.3, 0.4) is 0 Å². The van der Waals surface area contributed by atoms with E-state index < -0.39 is 29.0 Å². The topological polar surface area (TPSA) is 76.0 Å². The highest BCUT2D eigenvalue weighted by atomic mass is 19.3. The largest absolute Gasteiger partial charge is 0.366 e. The molecule has 0 bridgehead atoms. The number of nitrogens with one attached hydrogen (secondary N) is 1. The standard InChI is InChI=1S/C7H6F2N2O2/c8-5(9)4-3(6(10)12)1-2-11-7(4)13/h1-2,5H,(H2,10,12)(H,11,13). The van der Waals surface area contributed by atoms with Crippen LogP contribution in [-0.4, -0.2) is 10.9 Å². The fraction of sp³-hybridized carbons (Fsp3) is 0.143. The van der Waals surface area contributed by atoms with E-state index in [0.29, 0.717) is 0 Å². The van der Waals surface area contributed by atoms with E-state index in [1.54, 1.807) is 0 Å². The molecule has 0 saturated heterocycles. The predicted octanol–water partition coefficient (Wildman–Crippen LogP) is 0.411. The van der Waals surface area contributed by atoms with Crippen LogP contribution in [0.5, 0.6) is 0 Å². The van der Waals surface area contributed by atoms with Gasteiger partial charge < -0.3 is 10.7 Å². The quantitative estimate of drug-likeness (QED) is 0.705. The Morgan fingerprint density at radius 3 is 2.54 bits per heavy atom. The fourth-order valence-electron chi connectivity index (χ4n) is 0.922. The zero-order chi connectivity index (χ0) is 10.0. The number of hydrogen-bond acceptors (Lipinski definition) is 2. The van der Waals surface area contributed by atoms with Crippen LogP contribution in [0.2, 0.25) is 0 Å². The summed E-state index contributed by atoms with van der Waals surface area (Å²) in [6, 6.07) is 1.05. The molecule has 1 rings (SSSR count). The number of carbonyl (C=O) groups excluding carboxylic acids is 1. The number of aromatic amines is 1. The molecule has 6 heteroatoms. The van der Waals surface area contributed by atoms with Gasteiger partial charge in [0.2, 0.25) is 5.91 Å². The summed E-state index contributed by atoms with van der Waals surface area (Å²) >= 11 is 0. The summed E-state index contributed by atoms with van der Waals surface area (Å²) in [5.41, 5.74) is 2.48. The number of pyridine rings is 1. The van der Waals surface area contributed by atoms with E-state index >= 15 is 0 Å². The van der Waals surface area contributed by atoms with Gasteiger partial charge in [-0.3, -0.25) is 9.59 Å². The smallest absolute Gasteiger partial charge is 0.269 e. The SMILES string of the molecule is NC(=O)c1cc[nH]c(=O)c1C(F)F. The van der Waals surface area contributed by atoms with Crippen molar-refractivity contribution < 1.29 is 13.6 Å². The van der Waals surface area contributed by atoms with Crippen molar-refractivity contribution in [3.05, 3.63) is 33.7 Å². The Balaban J connectivity index is 3.43. The summed E-state index contributed by atoms with van der Waals surface area (Å²) < 4.78 is 24.4. The lowest BCUT2D eigenvalue weighted by molar-refractivity contribution is 0.0985. The van der Waals surface area contributed by atoms with Gasteiger partial charge >= 0.3 is 0 Å². The highest BCUT2D eigenvalue weighted by Crippen LogP contribution is 2.17. The molecule has 13 heavy (non-hydrogen) atoms. The number of carbonyl (C=O) groups is 1. The number of hydrogen-bond donors (Lipinski definition) is 2. The Morgan fingerprint density at radius 2 is 2.15 bits per heavy atom. The first-order valence-electron chi connectivity index (χ1n) is 3.33. The summed E-state index contributed by atoms with van der Waals surface area (Å²) in [5.74, 6) is -1.04. The molecule has 0 aliphatic rings. The molecule has 0 saturated carbocycles. The van der Waals surface area contributed by atoms with Gasteiger partial charge in [-0.25, -0.2) is 8.78 Å². The Kier molecular flexibility index (Phi) is 2.41. The van der Waals surface area contributed by atoms with Crippen molar-refractivity contribution in [3.8, 4) is 0 Å². The Hall–Kier alpha value is -1.72. The molecule has 1 heterocycles. The molecule has 0 spiro atoms. The van der Waals surface area contributed by atoms with Crippen LogP contribution in [0.15, 0.2) is 17.1 Å². The molecule has 0 aliphatic heterocycles. The van der Waals surface area contributed by atoms with Crippen molar-refractivity contribution >= 4 is 5.91 Å². The maximum Gasteiger partial charge on any atom is 0.269 e. The second kappa shape index (κ2) is 3.34. The average Bonchev–Trinajstić information content (AvgIpc) is 2.02. The van der Waals surface area contributed by atoms with E-state index in [2.05, 4.69) is 0 Å². The highest BCUT2D eigenvalue weighted by molar-refractivity contribution is 5.94. The van der Waals surface area contributed by atoms with Gasteiger partial charge in [-0.1, -0.05) is 0 Å². The van der Waals surface area contributed by atoms with Gasteiger partial charge in [0.05, 0.1) is 11.1 Å². The normalized spacial score (nSPS) is 10.4. The molecule has 3 N–H and O–H groups in total. The minimum atomic E-state index is -3.01. The molecule has 1 aromatic rings. The van der Waals surface area contributed by atoms with E-state index in [1.165, 1.54) is 0 Å². The summed E-state index contributed by atoms with van der Waals surface area (Å²) in [6.07, 6.45) is -1.92. The van der Waals surface area contributed by atoms with Crippen molar-refractivity contribution in [1.29, 1.82) is 0 Å². The van der Waals surface area contributed by atoms with E-state index in [4.69, 9.17) is 5.73 Å². The van der Waals surface area contributed by atoms with E-state index in [1.807, 2.05) is 4.98 Å². The predicted molar refractivity (Wildman–Crippen MR) is 40.5 cm³/mol. The number of amides is 1. The third-order valence-corrected chi connectivity index (χ3v) is 1.48. The van der Waals surface area contributed by atoms with Gasteiger partial charge in [-0.15, -0.1) is 0 Å². The Bertz CT molecular complexity index is 386. The van der Waals surface area contributed by atoms with Crippen molar-refractivity contribution in [2.24, 2.45) is 5.73 Å². The minimum absolute atomic E-state index is 0.446. The van der Waals surface area contributed by atoms with Gasteiger partial charge in [0.1, 0.15) is 0 Å². The average molecular weight is 188 g/mol. The van der Waals surface area contributed by atoms with Crippen molar-refractivity contribution in [1.82, 2.24) is 4.98 Å². The Labute approximate surface area is 71.4 Å². The first kappa shape index (κ1) is 9.37. The summed E-state index contributed by atoms with van der Waals surface area (Å²) in [6.45, 7) is 0. The molecule has 70 valence electrons. The third-order valence-electron chi connectivity index (χ3n) is 1.48. The monoisotopic (exact) mass is 188 g/mol. The molecule has 4 nitrogen and oxygen atoms in total. The molecule has 0 atom stereocenters. The minimum Gasteiger partial charge on any atom is -0.366 e. The lowest BCUT2D eigenvalue weighted by atomic mass is 10.1. The summed E-state index contributed by atoms with van der Waals surface area (Å²) in [4.78, 5) is 23.5. The van der Waals surface area contributed by atoms with E-state index in [-0.39, 0.29) is 0 Å². The van der Waals surface area contributed by atoms with Crippen LogP contribution >= 0.6 is 0 Å². The second-order valence-corrected chi connectivity index (χ2v) is 2.30.